The number of nitrogens with zero attached hydrogens (tertiary/aromatic N) is 3. The highest BCUT2D eigenvalue weighted by Gasteiger charge is 2.28. The summed E-state index contributed by atoms with van der Waals surface area (Å²) < 4.78 is 1.88. The molecule has 0 saturated heterocycles. The molecule has 1 heterocycles. The van der Waals surface area contributed by atoms with E-state index in [9.17, 15) is 4.79 Å². The monoisotopic (exact) mass is 362 g/mol. The summed E-state index contributed by atoms with van der Waals surface area (Å²) in [5.74, 6) is 1.23. The van der Waals surface area contributed by atoms with Gasteiger partial charge >= 0.3 is 0 Å². The summed E-state index contributed by atoms with van der Waals surface area (Å²) in [6.45, 7) is 5.17. The van der Waals surface area contributed by atoms with Crippen molar-refractivity contribution in [2.24, 2.45) is 11.8 Å². The van der Waals surface area contributed by atoms with E-state index in [2.05, 4.69) is 29.5 Å². The van der Waals surface area contributed by atoms with Gasteiger partial charge < -0.3 is 5.32 Å². The molecule has 0 bridgehead atoms. The normalized spacial score (nSPS) is 22.7. The molecular formula is C22H26N4O. The van der Waals surface area contributed by atoms with E-state index in [1.54, 1.807) is 0 Å². The first-order valence-electron chi connectivity index (χ1n) is 9.80. The SMILES string of the molecule is CC1CCCC(NC(=O)c2ccc(Cn3nnc4ccccc43)cc2)C1C. The molecule has 5 heteroatoms. The predicted octanol–water partition coefficient (Wildman–Crippen LogP) is 4.03. The number of nitrogens with one attached hydrogen (secondary N) is 1. The molecule has 1 aliphatic rings. The first-order valence-corrected chi connectivity index (χ1v) is 9.80. The zero-order valence-electron chi connectivity index (χ0n) is 15.9. The Balaban J connectivity index is 1.43. The van der Waals surface area contributed by atoms with Crippen LogP contribution < -0.4 is 5.32 Å². The summed E-state index contributed by atoms with van der Waals surface area (Å²) in [6, 6.07) is 16.0. The van der Waals surface area contributed by atoms with Crippen molar-refractivity contribution in [2.75, 3.05) is 0 Å². The lowest BCUT2D eigenvalue weighted by atomic mass is 9.78. The molecule has 1 aromatic heterocycles. The molecule has 3 atom stereocenters. The van der Waals surface area contributed by atoms with E-state index < -0.39 is 0 Å². The Labute approximate surface area is 159 Å². The summed E-state index contributed by atoms with van der Waals surface area (Å²) in [5.41, 5.74) is 3.72. The lowest BCUT2D eigenvalue weighted by Gasteiger charge is -2.34. The Bertz CT molecular complexity index is 931. The molecule has 0 aliphatic heterocycles. The predicted molar refractivity (Wildman–Crippen MR) is 107 cm³/mol. The molecule has 140 valence electrons. The van der Waals surface area contributed by atoms with Crippen LogP contribution in [0.15, 0.2) is 48.5 Å². The lowest BCUT2D eigenvalue weighted by molar-refractivity contribution is 0.0891. The molecule has 1 fully saturated rings. The molecule has 1 saturated carbocycles. The minimum Gasteiger partial charge on any atom is -0.349 e. The summed E-state index contributed by atoms with van der Waals surface area (Å²) in [7, 11) is 0. The molecule has 0 radical (unpaired) electrons. The highest BCUT2D eigenvalue weighted by molar-refractivity contribution is 5.94. The summed E-state index contributed by atoms with van der Waals surface area (Å²) in [5, 5.41) is 11.7. The molecule has 1 amide bonds. The van der Waals surface area contributed by atoms with Gasteiger partial charge in [-0.2, -0.15) is 0 Å². The molecule has 1 aliphatic carbocycles. The topological polar surface area (TPSA) is 59.8 Å². The maximum atomic E-state index is 12.6. The van der Waals surface area contributed by atoms with Gasteiger partial charge in [0, 0.05) is 11.6 Å². The van der Waals surface area contributed by atoms with Gasteiger partial charge in [-0.3, -0.25) is 4.79 Å². The van der Waals surface area contributed by atoms with Gasteiger partial charge in [-0.25, -0.2) is 4.68 Å². The number of carbonyl (C=O) groups excluding carboxylic acids is 1. The van der Waals surface area contributed by atoms with Gasteiger partial charge in [0.15, 0.2) is 0 Å². The zero-order valence-corrected chi connectivity index (χ0v) is 15.9. The number of fused-ring (bicyclic) bond motifs is 1. The average Bonchev–Trinajstić information content (AvgIpc) is 3.09. The van der Waals surface area contributed by atoms with Crippen LogP contribution in [-0.4, -0.2) is 26.9 Å². The van der Waals surface area contributed by atoms with Crippen LogP contribution in [0, 0.1) is 11.8 Å². The Morgan fingerprint density at radius 3 is 2.70 bits per heavy atom. The molecule has 2 aromatic carbocycles. The first kappa shape index (κ1) is 17.7. The number of carbonyl (C=O) groups is 1. The van der Waals surface area contributed by atoms with Crippen molar-refractivity contribution in [1.82, 2.24) is 20.3 Å². The van der Waals surface area contributed by atoms with Crippen LogP contribution in [0.4, 0.5) is 0 Å². The van der Waals surface area contributed by atoms with Gasteiger partial charge in [0.25, 0.3) is 5.91 Å². The lowest BCUT2D eigenvalue weighted by Crippen LogP contribution is -2.43. The Morgan fingerprint density at radius 2 is 1.89 bits per heavy atom. The van der Waals surface area contributed by atoms with Gasteiger partial charge in [0.2, 0.25) is 0 Å². The quantitative estimate of drug-likeness (QED) is 0.762. The molecule has 5 nitrogen and oxygen atoms in total. The number of aromatic nitrogens is 3. The van der Waals surface area contributed by atoms with E-state index in [1.807, 2.05) is 53.2 Å². The number of hydrogen-bond acceptors (Lipinski definition) is 3. The van der Waals surface area contributed by atoms with Gasteiger partial charge in [0.1, 0.15) is 5.52 Å². The minimum absolute atomic E-state index is 0.0266. The van der Waals surface area contributed by atoms with E-state index in [4.69, 9.17) is 0 Å². The molecule has 4 rings (SSSR count). The van der Waals surface area contributed by atoms with Crippen LogP contribution in [0.3, 0.4) is 0 Å². The number of rotatable bonds is 4. The maximum absolute atomic E-state index is 12.6. The minimum atomic E-state index is 0.0266. The molecule has 27 heavy (non-hydrogen) atoms. The third-order valence-corrected chi connectivity index (χ3v) is 5.99. The molecule has 3 unspecified atom stereocenters. The number of amides is 1. The van der Waals surface area contributed by atoms with Gasteiger partial charge in [-0.15, -0.1) is 5.10 Å². The third-order valence-electron chi connectivity index (χ3n) is 5.99. The summed E-state index contributed by atoms with van der Waals surface area (Å²) in [4.78, 5) is 12.6. The van der Waals surface area contributed by atoms with E-state index >= 15 is 0 Å². The van der Waals surface area contributed by atoms with E-state index in [0.717, 1.165) is 23.0 Å². The fourth-order valence-corrected chi connectivity index (χ4v) is 4.01. The van der Waals surface area contributed by atoms with Crippen molar-refractivity contribution in [3.63, 3.8) is 0 Å². The van der Waals surface area contributed by atoms with Crippen molar-refractivity contribution < 1.29 is 4.79 Å². The van der Waals surface area contributed by atoms with Crippen LogP contribution in [0.5, 0.6) is 0 Å². The Morgan fingerprint density at radius 1 is 1.11 bits per heavy atom. The standard InChI is InChI=1S/C22H26N4O/c1-15-6-5-8-19(16(15)2)23-22(27)18-12-10-17(11-13-18)14-26-21-9-4-3-7-20(21)24-25-26/h3-4,7,9-13,15-16,19H,5-6,8,14H2,1-2H3,(H,23,27). The average molecular weight is 362 g/mol. The molecule has 0 spiro atoms. The van der Waals surface area contributed by atoms with Crippen LogP contribution >= 0.6 is 0 Å². The highest BCUT2D eigenvalue weighted by Crippen LogP contribution is 2.29. The zero-order chi connectivity index (χ0) is 18.8. The van der Waals surface area contributed by atoms with Gasteiger partial charge in [0.05, 0.1) is 12.1 Å². The molecule has 1 N–H and O–H groups in total. The van der Waals surface area contributed by atoms with Crippen LogP contribution in [-0.2, 0) is 6.54 Å². The van der Waals surface area contributed by atoms with Gasteiger partial charge in [-0.05, 0) is 48.1 Å². The van der Waals surface area contributed by atoms with Crippen LogP contribution in [0.1, 0.15) is 49.0 Å². The fraction of sp³-hybridized carbons (Fsp3) is 0.409. The van der Waals surface area contributed by atoms with Crippen LogP contribution in [0.25, 0.3) is 11.0 Å². The van der Waals surface area contributed by atoms with E-state index in [0.29, 0.717) is 23.9 Å². The smallest absolute Gasteiger partial charge is 0.251 e. The summed E-state index contributed by atoms with van der Waals surface area (Å²) in [6.07, 6.45) is 3.54. The van der Waals surface area contributed by atoms with Crippen molar-refractivity contribution in [1.29, 1.82) is 0 Å². The maximum Gasteiger partial charge on any atom is 0.251 e. The number of para-hydroxylation sites is 1. The summed E-state index contributed by atoms with van der Waals surface area (Å²) >= 11 is 0. The van der Waals surface area contributed by atoms with Gasteiger partial charge in [-0.1, -0.05) is 56.2 Å². The largest absolute Gasteiger partial charge is 0.349 e. The molecule has 3 aromatic rings. The Kier molecular flexibility index (Phi) is 4.92. The third kappa shape index (κ3) is 3.72. The second-order valence-corrected chi connectivity index (χ2v) is 7.78. The van der Waals surface area contributed by atoms with Crippen LogP contribution in [0.2, 0.25) is 0 Å². The first-order chi connectivity index (χ1) is 13.1. The Hall–Kier alpha value is -2.69. The van der Waals surface area contributed by atoms with Crippen molar-refractivity contribution in [3.05, 3.63) is 59.7 Å². The number of benzene rings is 2. The van der Waals surface area contributed by atoms with E-state index in [1.165, 1.54) is 12.8 Å². The highest BCUT2D eigenvalue weighted by atomic mass is 16.1. The number of hydrogen-bond donors (Lipinski definition) is 1. The second kappa shape index (κ2) is 7.51. The van der Waals surface area contributed by atoms with E-state index in [-0.39, 0.29) is 11.9 Å². The van der Waals surface area contributed by atoms with Crippen molar-refractivity contribution >= 4 is 16.9 Å². The van der Waals surface area contributed by atoms with Crippen molar-refractivity contribution in [2.45, 2.75) is 45.7 Å². The fourth-order valence-electron chi connectivity index (χ4n) is 4.01. The molecular weight excluding hydrogens is 336 g/mol. The second-order valence-electron chi connectivity index (χ2n) is 7.78. The van der Waals surface area contributed by atoms with Crippen molar-refractivity contribution in [3.8, 4) is 0 Å².